The monoisotopic (exact) mass is 298 g/mol. The molecule has 1 aromatic carbocycles. The van der Waals surface area contributed by atoms with Gasteiger partial charge >= 0.3 is 0 Å². The highest BCUT2D eigenvalue weighted by Crippen LogP contribution is 2.31. The van der Waals surface area contributed by atoms with E-state index < -0.39 is 0 Å². The lowest BCUT2D eigenvalue weighted by Gasteiger charge is -2.12. The van der Waals surface area contributed by atoms with Gasteiger partial charge in [-0.3, -0.25) is 9.78 Å². The van der Waals surface area contributed by atoms with Crippen molar-refractivity contribution in [1.29, 1.82) is 0 Å². The summed E-state index contributed by atoms with van der Waals surface area (Å²) in [6, 6.07) is 6.99. The molecule has 1 aliphatic rings. The summed E-state index contributed by atoms with van der Waals surface area (Å²) in [7, 11) is 0. The Morgan fingerprint density at radius 1 is 1.41 bits per heavy atom. The summed E-state index contributed by atoms with van der Waals surface area (Å²) in [5.41, 5.74) is 6.51. The molecule has 22 heavy (non-hydrogen) atoms. The molecule has 1 amide bonds. The van der Waals surface area contributed by atoms with Crippen LogP contribution in [-0.4, -0.2) is 28.5 Å². The first-order valence-electron chi connectivity index (χ1n) is 7.30. The molecule has 6 heteroatoms. The first-order chi connectivity index (χ1) is 10.7. The third-order valence-electron chi connectivity index (χ3n) is 3.58. The number of hydrogen-bond donors (Lipinski definition) is 2. The fourth-order valence-electron chi connectivity index (χ4n) is 2.16. The molecule has 1 heterocycles. The Morgan fingerprint density at radius 2 is 2.27 bits per heavy atom. The molecule has 1 aromatic heterocycles. The van der Waals surface area contributed by atoms with E-state index in [2.05, 4.69) is 15.3 Å². The first kappa shape index (κ1) is 14.5. The maximum absolute atomic E-state index is 12.1. The third-order valence-corrected chi connectivity index (χ3v) is 3.58. The molecule has 1 atom stereocenters. The highest BCUT2D eigenvalue weighted by molar-refractivity contribution is 5.94. The van der Waals surface area contributed by atoms with Gasteiger partial charge in [0.1, 0.15) is 5.75 Å². The van der Waals surface area contributed by atoms with Crippen molar-refractivity contribution < 1.29 is 9.53 Å². The summed E-state index contributed by atoms with van der Waals surface area (Å²) in [5, 5.41) is 2.86. The summed E-state index contributed by atoms with van der Waals surface area (Å²) in [6.45, 7) is 0.499. The Bertz CT molecular complexity index is 644. The van der Waals surface area contributed by atoms with Gasteiger partial charge < -0.3 is 15.8 Å². The second-order valence-corrected chi connectivity index (χ2v) is 5.38. The van der Waals surface area contributed by atoms with Gasteiger partial charge in [-0.05, 0) is 37.0 Å². The fraction of sp³-hybridized carbons (Fsp3) is 0.312. The lowest BCUT2D eigenvalue weighted by molar-refractivity contribution is 0.0950. The van der Waals surface area contributed by atoms with E-state index >= 15 is 0 Å². The van der Waals surface area contributed by atoms with Gasteiger partial charge in [0.05, 0.1) is 6.20 Å². The number of nitrogens with one attached hydrogen (secondary N) is 1. The van der Waals surface area contributed by atoms with Crippen LogP contribution in [0.15, 0.2) is 42.9 Å². The Balaban J connectivity index is 1.61. The van der Waals surface area contributed by atoms with E-state index in [1.165, 1.54) is 19.0 Å². The van der Waals surface area contributed by atoms with Crippen LogP contribution in [0.2, 0.25) is 0 Å². The number of carbonyl (C=O) groups is 1. The number of amides is 1. The maximum atomic E-state index is 12.1. The van der Waals surface area contributed by atoms with Crippen molar-refractivity contribution >= 4 is 5.91 Å². The molecule has 3 N–H and O–H groups in total. The number of nitrogens with two attached hydrogens (primary N) is 1. The molecule has 114 valence electrons. The Hall–Kier alpha value is -2.47. The maximum Gasteiger partial charge on any atom is 0.251 e. The Kier molecular flexibility index (Phi) is 4.29. The Labute approximate surface area is 128 Å². The largest absolute Gasteiger partial charge is 0.437 e. The van der Waals surface area contributed by atoms with Gasteiger partial charge in [0.2, 0.25) is 5.88 Å². The summed E-state index contributed by atoms with van der Waals surface area (Å²) in [5.74, 6) is 1.34. The van der Waals surface area contributed by atoms with Gasteiger partial charge in [-0.25, -0.2) is 4.98 Å². The molecule has 2 aromatic rings. The van der Waals surface area contributed by atoms with Crippen LogP contribution < -0.4 is 15.8 Å². The zero-order valence-corrected chi connectivity index (χ0v) is 12.1. The van der Waals surface area contributed by atoms with Gasteiger partial charge in [-0.15, -0.1) is 0 Å². The molecule has 1 unspecified atom stereocenters. The average molecular weight is 298 g/mol. The quantitative estimate of drug-likeness (QED) is 0.847. The van der Waals surface area contributed by atoms with Crippen molar-refractivity contribution in [3.05, 3.63) is 48.4 Å². The lowest BCUT2D eigenvalue weighted by Crippen LogP contribution is -2.38. The predicted molar refractivity (Wildman–Crippen MR) is 81.6 cm³/mol. The van der Waals surface area contributed by atoms with Crippen LogP contribution in [0.5, 0.6) is 11.6 Å². The molecule has 0 bridgehead atoms. The van der Waals surface area contributed by atoms with Crippen LogP contribution in [0, 0.1) is 5.92 Å². The van der Waals surface area contributed by atoms with E-state index in [1.54, 1.807) is 36.7 Å². The summed E-state index contributed by atoms with van der Waals surface area (Å²) in [4.78, 5) is 20.1. The van der Waals surface area contributed by atoms with Crippen LogP contribution in [0.4, 0.5) is 0 Å². The van der Waals surface area contributed by atoms with E-state index in [0.29, 0.717) is 29.7 Å². The highest BCUT2D eigenvalue weighted by Gasteiger charge is 2.28. The van der Waals surface area contributed by atoms with Gasteiger partial charge in [0.15, 0.2) is 0 Å². The van der Waals surface area contributed by atoms with Gasteiger partial charge in [0.25, 0.3) is 5.91 Å². The molecule has 1 saturated carbocycles. The van der Waals surface area contributed by atoms with Gasteiger partial charge in [0, 0.05) is 30.5 Å². The minimum absolute atomic E-state index is 0.0444. The lowest BCUT2D eigenvalue weighted by atomic mass is 10.1. The molecular formula is C16H18N4O2. The van der Waals surface area contributed by atoms with Gasteiger partial charge in [-0.1, -0.05) is 6.07 Å². The van der Waals surface area contributed by atoms with Crippen molar-refractivity contribution in [3.63, 3.8) is 0 Å². The molecule has 0 spiro atoms. The number of benzene rings is 1. The first-order valence-corrected chi connectivity index (χ1v) is 7.30. The Morgan fingerprint density at radius 3 is 3.00 bits per heavy atom. The number of ether oxygens (including phenoxy) is 1. The smallest absolute Gasteiger partial charge is 0.251 e. The van der Waals surface area contributed by atoms with E-state index in [4.69, 9.17) is 10.5 Å². The number of nitrogens with zero attached hydrogens (tertiary/aromatic N) is 2. The van der Waals surface area contributed by atoms with Gasteiger partial charge in [-0.2, -0.15) is 0 Å². The van der Waals surface area contributed by atoms with Crippen molar-refractivity contribution in [2.75, 3.05) is 6.54 Å². The molecule has 0 aliphatic heterocycles. The third kappa shape index (κ3) is 3.79. The van der Waals surface area contributed by atoms with Crippen LogP contribution in [-0.2, 0) is 0 Å². The summed E-state index contributed by atoms with van der Waals surface area (Å²) < 4.78 is 5.56. The molecule has 1 aliphatic carbocycles. The number of rotatable bonds is 6. The van der Waals surface area contributed by atoms with E-state index in [-0.39, 0.29) is 11.9 Å². The minimum atomic E-state index is -0.152. The topological polar surface area (TPSA) is 90.1 Å². The molecule has 0 radical (unpaired) electrons. The van der Waals surface area contributed by atoms with Crippen molar-refractivity contribution in [2.45, 2.75) is 18.9 Å². The standard InChI is InChI=1S/C16H18N4O2/c17-14(11-4-5-11)9-20-16(21)12-2-1-3-13(8-12)22-15-10-18-6-7-19-15/h1-3,6-8,10-11,14H,4-5,9,17H2,(H,20,21). The highest BCUT2D eigenvalue weighted by atomic mass is 16.5. The second-order valence-electron chi connectivity index (χ2n) is 5.38. The summed E-state index contributed by atoms with van der Waals surface area (Å²) >= 11 is 0. The zero-order chi connectivity index (χ0) is 15.4. The van der Waals surface area contributed by atoms with Crippen molar-refractivity contribution in [2.24, 2.45) is 11.7 Å². The fourth-order valence-corrected chi connectivity index (χ4v) is 2.16. The molecule has 1 fully saturated rings. The SMILES string of the molecule is NC(CNC(=O)c1cccc(Oc2cnccn2)c1)C1CC1. The van der Waals surface area contributed by atoms with Crippen LogP contribution in [0.25, 0.3) is 0 Å². The van der Waals surface area contributed by atoms with Crippen LogP contribution >= 0.6 is 0 Å². The zero-order valence-electron chi connectivity index (χ0n) is 12.1. The molecule has 0 saturated heterocycles. The molecule has 3 rings (SSSR count). The van der Waals surface area contributed by atoms with E-state index in [0.717, 1.165) is 0 Å². The molecule has 6 nitrogen and oxygen atoms in total. The van der Waals surface area contributed by atoms with E-state index in [1.807, 2.05) is 0 Å². The number of aromatic nitrogens is 2. The number of hydrogen-bond acceptors (Lipinski definition) is 5. The normalized spacial score (nSPS) is 15.1. The van der Waals surface area contributed by atoms with E-state index in [9.17, 15) is 4.79 Å². The predicted octanol–water partition coefficient (Wildman–Crippen LogP) is 1.74. The minimum Gasteiger partial charge on any atom is -0.437 e. The van der Waals surface area contributed by atoms with Crippen LogP contribution in [0.1, 0.15) is 23.2 Å². The van der Waals surface area contributed by atoms with Crippen molar-refractivity contribution in [3.8, 4) is 11.6 Å². The second kappa shape index (κ2) is 6.53. The van der Waals surface area contributed by atoms with Crippen molar-refractivity contribution in [1.82, 2.24) is 15.3 Å². The average Bonchev–Trinajstić information content (AvgIpc) is 3.38. The molecular weight excluding hydrogens is 280 g/mol. The van der Waals surface area contributed by atoms with Crippen LogP contribution in [0.3, 0.4) is 0 Å². The summed E-state index contributed by atoms with van der Waals surface area (Å²) in [6.07, 6.45) is 6.96. The number of carbonyl (C=O) groups excluding carboxylic acids is 1.